The Hall–Kier alpha value is -2.63. The molecule has 1 amide bonds. The van der Waals surface area contributed by atoms with Crippen LogP contribution >= 0.6 is 11.6 Å². The normalized spacial score (nSPS) is 14.9. The SMILES string of the molecule is Cn1c(Cc2ccc(Cl)cc2)c(C(N)=O)c(=O)c2cc(CC3CCOCC3)ccc21. The van der Waals surface area contributed by atoms with Gasteiger partial charge in [0, 0.05) is 42.8 Å². The van der Waals surface area contributed by atoms with Crippen LogP contribution in [-0.2, 0) is 24.6 Å². The average Bonchev–Trinajstić information content (AvgIpc) is 2.74. The molecule has 1 aliphatic heterocycles. The summed E-state index contributed by atoms with van der Waals surface area (Å²) in [6.07, 6.45) is 3.38. The lowest BCUT2D eigenvalue weighted by Gasteiger charge is -2.22. The van der Waals surface area contributed by atoms with E-state index in [4.69, 9.17) is 22.1 Å². The maximum absolute atomic E-state index is 13.3. The minimum atomic E-state index is -0.698. The fraction of sp³-hybridized carbons (Fsp3) is 0.333. The Morgan fingerprint density at radius 2 is 1.80 bits per heavy atom. The molecule has 0 bridgehead atoms. The molecule has 4 rings (SSSR count). The molecule has 1 fully saturated rings. The molecule has 6 heteroatoms. The molecule has 156 valence electrons. The summed E-state index contributed by atoms with van der Waals surface area (Å²) in [4.78, 5) is 25.5. The van der Waals surface area contributed by atoms with Crippen LogP contribution in [0.3, 0.4) is 0 Å². The number of hydrogen-bond donors (Lipinski definition) is 1. The van der Waals surface area contributed by atoms with Crippen molar-refractivity contribution in [3.8, 4) is 0 Å². The molecule has 1 aromatic heterocycles. The molecular formula is C24H25ClN2O3. The third-order valence-electron chi connectivity index (χ3n) is 5.98. The van der Waals surface area contributed by atoms with E-state index in [1.54, 1.807) is 12.1 Å². The number of ether oxygens (including phenoxy) is 1. The van der Waals surface area contributed by atoms with Crippen molar-refractivity contribution in [3.05, 3.63) is 80.1 Å². The molecule has 5 nitrogen and oxygen atoms in total. The van der Waals surface area contributed by atoms with Gasteiger partial charge in [-0.3, -0.25) is 9.59 Å². The number of carbonyl (C=O) groups is 1. The molecule has 1 saturated heterocycles. The molecule has 30 heavy (non-hydrogen) atoms. The van der Waals surface area contributed by atoms with Gasteiger partial charge >= 0.3 is 0 Å². The van der Waals surface area contributed by atoms with Crippen molar-refractivity contribution in [1.82, 2.24) is 4.57 Å². The van der Waals surface area contributed by atoms with Crippen LogP contribution in [0, 0.1) is 5.92 Å². The van der Waals surface area contributed by atoms with Gasteiger partial charge in [-0.25, -0.2) is 0 Å². The Kier molecular flexibility index (Phi) is 5.93. The molecule has 0 saturated carbocycles. The Morgan fingerprint density at radius 3 is 2.47 bits per heavy atom. The second-order valence-electron chi connectivity index (χ2n) is 7.99. The zero-order valence-corrected chi connectivity index (χ0v) is 17.7. The van der Waals surface area contributed by atoms with Crippen molar-refractivity contribution in [3.63, 3.8) is 0 Å². The van der Waals surface area contributed by atoms with Gasteiger partial charge in [0.25, 0.3) is 5.91 Å². The first-order valence-electron chi connectivity index (χ1n) is 10.2. The monoisotopic (exact) mass is 424 g/mol. The maximum Gasteiger partial charge on any atom is 0.254 e. The van der Waals surface area contributed by atoms with Crippen molar-refractivity contribution in [2.45, 2.75) is 25.7 Å². The van der Waals surface area contributed by atoms with E-state index in [0.717, 1.165) is 49.1 Å². The predicted molar refractivity (Wildman–Crippen MR) is 119 cm³/mol. The van der Waals surface area contributed by atoms with Crippen molar-refractivity contribution >= 4 is 28.4 Å². The van der Waals surface area contributed by atoms with Gasteiger partial charge in [-0.1, -0.05) is 29.8 Å². The second-order valence-corrected chi connectivity index (χ2v) is 8.43. The number of primary amides is 1. The number of carbonyl (C=O) groups excluding carboxylic acids is 1. The molecule has 0 spiro atoms. The van der Waals surface area contributed by atoms with Crippen molar-refractivity contribution in [1.29, 1.82) is 0 Å². The molecular weight excluding hydrogens is 400 g/mol. The van der Waals surface area contributed by atoms with Gasteiger partial charge < -0.3 is 15.0 Å². The summed E-state index contributed by atoms with van der Waals surface area (Å²) < 4.78 is 7.35. The largest absolute Gasteiger partial charge is 0.381 e. The van der Waals surface area contributed by atoms with E-state index in [1.165, 1.54) is 0 Å². The lowest BCUT2D eigenvalue weighted by atomic mass is 9.91. The highest BCUT2D eigenvalue weighted by Crippen LogP contribution is 2.24. The van der Waals surface area contributed by atoms with Gasteiger partial charge in [0.1, 0.15) is 5.56 Å². The van der Waals surface area contributed by atoms with Gasteiger partial charge in [0.15, 0.2) is 0 Å². The van der Waals surface area contributed by atoms with Crippen LogP contribution in [0.15, 0.2) is 47.3 Å². The zero-order valence-electron chi connectivity index (χ0n) is 17.0. The average molecular weight is 425 g/mol. The van der Waals surface area contributed by atoms with Crippen molar-refractivity contribution < 1.29 is 9.53 Å². The number of amides is 1. The van der Waals surface area contributed by atoms with Gasteiger partial charge in [0.2, 0.25) is 5.43 Å². The topological polar surface area (TPSA) is 74.3 Å². The Labute approximate surface area is 180 Å². The minimum absolute atomic E-state index is 0.0585. The number of fused-ring (bicyclic) bond motifs is 1. The molecule has 3 aromatic rings. The minimum Gasteiger partial charge on any atom is -0.381 e. The van der Waals surface area contributed by atoms with Crippen LogP contribution in [-0.4, -0.2) is 23.7 Å². The van der Waals surface area contributed by atoms with E-state index in [9.17, 15) is 9.59 Å². The van der Waals surface area contributed by atoms with E-state index >= 15 is 0 Å². The molecule has 0 unspecified atom stereocenters. The molecule has 2 heterocycles. The molecule has 1 aliphatic rings. The number of aryl methyl sites for hydroxylation is 1. The van der Waals surface area contributed by atoms with Crippen LogP contribution in [0.2, 0.25) is 5.02 Å². The second kappa shape index (κ2) is 8.62. The third-order valence-corrected chi connectivity index (χ3v) is 6.24. The number of rotatable bonds is 5. The van der Waals surface area contributed by atoms with Gasteiger partial charge in [-0.05, 0) is 60.6 Å². The summed E-state index contributed by atoms with van der Waals surface area (Å²) in [6, 6.07) is 13.3. The first-order valence-corrected chi connectivity index (χ1v) is 10.6. The highest BCUT2D eigenvalue weighted by molar-refractivity contribution is 6.30. The quantitative estimate of drug-likeness (QED) is 0.676. The van der Waals surface area contributed by atoms with Crippen LogP contribution < -0.4 is 11.2 Å². The van der Waals surface area contributed by atoms with E-state index in [0.29, 0.717) is 28.4 Å². The number of aromatic nitrogens is 1. The lowest BCUT2D eigenvalue weighted by molar-refractivity contribution is 0.0665. The summed E-state index contributed by atoms with van der Waals surface area (Å²) >= 11 is 5.98. The van der Waals surface area contributed by atoms with Crippen LogP contribution in [0.25, 0.3) is 10.9 Å². The third kappa shape index (κ3) is 4.13. The molecule has 0 radical (unpaired) electrons. The number of pyridine rings is 1. The van der Waals surface area contributed by atoms with Gasteiger partial charge in [-0.15, -0.1) is 0 Å². The Bertz CT molecular complexity index is 1150. The van der Waals surface area contributed by atoms with Crippen LogP contribution in [0.5, 0.6) is 0 Å². The first kappa shape index (κ1) is 20.6. The summed E-state index contributed by atoms with van der Waals surface area (Å²) in [5.41, 5.74) is 8.88. The molecule has 0 aliphatic carbocycles. The number of benzene rings is 2. The summed E-state index contributed by atoms with van der Waals surface area (Å²) in [5, 5.41) is 1.18. The standard InChI is InChI=1S/C24H25ClN2O3/c1-27-20-7-4-17(12-16-8-10-30-11-9-16)13-19(20)23(28)22(24(26)29)21(27)14-15-2-5-18(25)6-3-15/h2-7,13,16H,8-12,14H2,1H3,(H2,26,29). The zero-order chi connectivity index (χ0) is 21.3. The van der Waals surface area contributed by atoms with E-state index in [-0.39, 0.29) is 11.0 Å². The molecule has 2 N–H and O–H groups in total. The van der Waals surface area contributed by atoms with Crippen LogP contribution in [0.4, 0.5) is 0 Å². The highest BCUT2D eigenvalue weighted by Gasteiger charge is 2.21. The predicted octanol–water partition coefficient (Wildman–Crippen LogP) is 3.85. The highest BCUT2D eigenvalue weighted by atomic mass is 35.5. The van der Waals surface area contributed by atoms with E-state index in [2.05, 4.69) is 6.07 Å². The van der Waals surface area contributed by atoms with Crippen LogP contribution in [0.1, 0.15) is 40.0 Å². The lowest BCUT2D eigenvalue weighted by Crippen LogP contribution is -2.28. The van der Waals surface area contributed by atoms with Crippen molar-refractivity contribution in [2.24, 2.45) is 18.7 Å². The fourth-order valence-electron chi connectivity index (χ4n) is 4.30. The summed E-state index contributed by atoms with van der Waals surface area (Å²) in [7, 11) is 1.87. The Balaban J connectivity index is 1.78. The Morgan fingerprint density at radius 1 is 1.13 bits per heavy atom. The number of halogens is 1. The smallest absolute Gasteiger partial charge is 0.254 e. The first-order chi connectivity index (χ1) is 14.4. The molecule has 2 aromatic carbocycles. The van der Waals surface area contributed by atoms with Gasteiger partial charge in [-0.2, -0.15) is 0 Å². The number of nitrogens with two attached hydrogens (primary N) is 1. The maximum atomic E-state index is 13.3. The number of hydrogen-bond acceptors (Lipinski definition) is 3. The van der Waals surface area contributed by atoms with E-state index in [1.807, 2.05) is 35.9 Å². The molecule has 0 atom stereocenters. The van der Waals surface area contributed by atoms with E-state index < -0.39 is 5.91 Å². The summed E-state index contributed by atoms with van der Waals surface area (Å²) in [5.74, 6) is -0.142. The summed E-state index contributed by atoms with van der Waals surface area (Å²) in [6.45, 7) is 1.58. The van der Waals surface area contributed by atoms with Gasteiger partial charge in [0.05, 0.1) is 5.52 Å². The fourth-order valence-corrected chi connectivity index (χ4v) is 4.43. The van der Waals surface area contributed by atoms with Crippen molar-refractivity contribution in [2.75, 3.05) is 13.2 Å². The number of nitrogens with zero attached hydrogens (tertiary/aromatic N) is 1.